The van der Waals surface area contributed by atoms with E-state index in [9.17, 15) is 4.79 Å². The maximum atomic E-state index is 12.0. The maximum absolute atomic E-state index is 12.0. The van der Waals surface area contributed by atoms with Crippen LogP contribution in [0.4, 0.5) is 5.69 Å². The lowest BCUT2D eigenvalue weighted by Gasteiger charge is -2.02. The largest absolute Gasteiger partial charge is 0.300 e. The number of hydrogen-bond acceptors (Lipinski definition) is 4. The third-order valence-electron chi connectivity index (χ3n) is 3.26. The Hall–Kier alpha value is -2.34. The summed E-state index contributed by atoms with van der Waals surface area (Å²) in [5.41, 5.74) is 4.00. The van der Waals surface area contributed by atoms with E-state index in [0.717, 1.165) is 22.4 Å². The van der Waals surface area contributed by atoms with Gasteiger partial charge in [-0.3, -0.25) is 9.48 Å². The van der Waals surface area contributed by atoms with Gasteiger partial charge in [0.1, 0.15) is 0 Å². The maximum Gasteiger partial charge on any atom is 0.264 e. The van der Waals surface area contributed by atoms with E-state index in [2.05, 4.69) is 15.4 Å². The lowest BCUT2D eigenvalue weighted by molar-refractivity contribution is -0.115. The van der Waals surface area contributed by atoms with Crippen LogP contribution in [0.2, 0.25) is 0 Å². The van der Waals surface area contributed by atoms with Gasteiger partial charge in [-0.2, -0.15) is 5.10 Å². The van der Waals surface area contributed by atoms with Crippen molar-refractivity contribution in [2.45, 2.75) is 13.8 Å². The number of aliphatic imine (C=N–C) groups is 1. The van der Waals surface area contributed by atoms with Gasteiger partial charge >= 0.3 is 0 Å². The normalized spacial score (nSPS) is 18.2. The summed E-state index contributed by atoms with van der Waals surface area (Å²) in [7, 11) is 1.84. The van der Waals surface area contributed by atoms with Crippen LogP contribution < -0.4 is 5.32 Å². The van der Waals surface area contributed by atoms with Gasteiger partial charge in [0.2, 0.25) is 0 Å². The van der Waals surface area contributed by atoms with E-state index in [1.165, 1.54) is 11.8 Å². The fourth-order valence-corrected chi connectivity index (χ4v) is 2.93. The van der Waals surface area contributed by atoms with E-state index >= 15 is 0 Å². The first kappa shape index (κ1) is 14.6. The van der Waals surface area contributed by atoms with Gasteiger partial charge in [0.05, 0.1) is 16.8 Å². The van der Waals surface area contributed by atoms with Gasteiger partial charge in [0.15, 0.2) is 5.17 Å². The van der Waals surface area contributed by atoms with Gasteiger partial charge in [-0.1, -0.05) is 12.1 Å². The van der Waals surface area contributed by atoms with Crippen molar-refractivity contribution >= 4 is 34.6 Å². The van der Waals surface area contributed by atoms with E-state index in [0.29, 0.717) is 10.1 Å². The molecule has 5 nitrogen and oxygen atoms in total. The van der Waals surface area contributed by atoms with Gasteiger partial charge in [-0.25, -0.2) is 4.99 Å². The quantitative estimate of drug-likeness (QED) is 0.867. The Morgan fingerprint density at radius 1 is 1.36 bits per heavy atom. The number of aryl methyl sites for hydroxylation is 3. The zero-order valence-electron chi connectivity index (χ0n) is 12.6. The molecule has 2 aromatic rings. The van der Waals surface area contributed by atoms with Gasteiger partial charge < -0.3 is 5.32 Å². The Bertz CT molecular complexity index is 804. The molecule has 1 aliphatic rings. The summed E-state index contributed by atoms with van der Waals surface area (Å²) in [6.45, 7) is 4.03. The molecule has 0 saturated carbocycles. The van der Waals surface area contributed by atoms with Crippen LogP contribution in [0.1, 0.15) is 16.7 Å². The number of benzene rings is 1. The second kappa shape index (κ2) is 5.81. The Morgan fingerprint density at radius 3 is 2.91 bits per heavy atom. The summed E-state index contributed by atoms with van der Waals surface area (Å²) >= 11 is 1.35. The van der Waals surface area contributed by atoms with Crippen molar-refractivity contribution in [2.24, 2.45) is 12.0 Å². The van der Waals surface area contributed by atoms with Gasteiger partial charge in [-0.05, 0) is 48.9 Å². The van der Waals surface area contributed by atoms with E-state index in [-0.39, 0.29) is 5.91 Å². The zero-order valence-corrected chi connectivity index (χ0v) is 13.4. The van der Waals surface area contributed by atoms with Crippen molar-refractivity contribution in [3.05, 3.63) is 52.2 Å². The van der Waals surface area contributed by atoms with Gasteiger partial charge in [-0.15, -0.1) is 0 Å². The minimum Gasteiger partial charge on any atom is -0.300 e. The molecular weight excluding hydrogens is 296 g/mol. The monoisotopic (exact) mass is 312 g/mol. The second-order valence-electron chi connectivity index (χ2n) is 5.22. The fourth-order valence-electron chi connectivity index (χ4n) is 2.10. The van der Waals surface area contributed by atoms with Crippen LogP contribution in [0.25, 0.3) is 6.08 Å². The molecule has 1 aliphatic heterocycles. The average molecular weight is 312 g/mol. The predicted molar refractivity (Wildman–Crippen MR) is 89.9 cm³/mol. The molecule has 0 spiro atoms. The number of aromatic nitrogens is 2. The number of amidine groups is 1. The summed E-state index contributed by atoms with van der Waals surface area (Å²) in [5, 5.41) is 7.50. The van der Waals surface area contributed by atoms with Crippen LogP contribution in [0.15, 0.2) is 40.5 Å². The molecule has 3 rings (SSSR count). The van der Waals surface area contributed by atoms with Crippen molar-refractivity contribution in [3.63, 3.8) is 0 Å². The lowest BCUT2D eigenvalue weighted by atomic mass is 10.1. The van der Waals surface area contributed by atoms with Crippen molar-refractivity contribution in [1.82, 2.24) is 15.1 Å². The minimum absolute atomic E-state index is 0.127. The van der Waals surface area contributed by atoms with Crippen molar-refractivity contribution < 1.29 is 4.79 Å². The Morgan fingerprint density at radius 2 is 2.18 bits per heavy atom. The predicted octanol–water partition coefficient (Wildman–Crippen LogP) is 2.93. The van der Waals surface area contributed by atoms with Gasteiger partial charge in [0.25, 0.3) is 5.91 Å². The number of thioether (sulfide) groups is 1. The number of amides is 1. The zero-order chi connectivity index (χ0) is 15.7. The third kappa shape index (κ3) is 3.12. The Balaban J connectivity index is 1.86. The first-order chi connectivity index (χ1) is 10.5. The molecule has 0 bridgehead atoms. The number of nitrogens with one attached hydrogen (secondary N) is 1. The molecule has 112 valence electrons. The van der Waals surface area contributed by atoms with Crippen molar-refractivity contribution in [2.75, 3.05) is 0 Å². The molecule has 1 N–H and O–H groups in total. The molecule has 1 fully saturated rings. The lowest BCUT2D eigenvalue weighted by Crippen LogP contribution is -2.19. The molecular formula is C16H16N4OS. The van der Waals surface area contributed by atoms with Crippen molar-refractivity contribution in [3.8, 4) is 0 Å². The summed E-state index contributed by atoms with van der Waals surface area (Å²) in [6, 6.07) is 6.09. The third-order valence-corrected chi connectivity index (χ3v) is 4.17. The van der Waals surface area contributed by atoms with Crippen LogP contribution in [-0.2, 0) is 11.8 Å². The molecule has 1 saturated heterocycles. The standard InChI is InChI=1S/C16H16N4OS/c1-10-4-5-11(2)13(6-10)18-16-19-15(21)14(22-16)7-12-8-17-20(3)9-12/h4-9H,1-3H3,(H,18,19,21). The Kier molecular flexibility index (Phi) is 3.85. The molecule has 0 atom stereocenters. The van der Waals surface area contributed by atoms with E-state index in [1.54, 1.807) is 10.9 Å². The number of carbonyl (C=O) groups excluding carboxylic acids is 1. The molecule has 22 heavy (non-hydrogen) atoms. The SMILES string of the molecule is Cc1ccc(C)c(N=C2NC(=O)C(=Cc3cnn(C)c3)S2)c1. The van der Waals surface area contributed by atoms with Crippen LogP contribution >= 0.6 is 11.8 Å². The molecule has 2 heterocycles. The highest BCUT2D eigenvalue weighted by atomic mass is 32.2. The smallest absolute Gasteiger partial charge is 0.264 e. The minimum atomic E-state index is -0.127. The summed E-state index contributed by atoms with van der Waals surface area (Å²) in [5.74, 6) is -0.127. The molecule has 1 aromatic heterocycles. The molecule has 0 unspecified atom stereocenters. The van der Waals surface area contributed by atoms with Gasteiger partial charge in [0, 0.05) is 18.8 Å². The molecule has 6 heteroatoms. The van der Waals surface area contributed by atoms with Crippen LogP contribution in [0.5, 0.6) is 0 Å². The van der Waals surface area contributed by atoms with E-state index in [1.807, 2.05) is 51.4 Å². The summed E-state index contributed by atoms with van der Waals surface area (Å²) < 4.78 is 1.70. The molecule has 1 amide bonds. The highest BCUT2D eigenvalue weighted by molar-refractivity contribution is 8.18. The van der Waals surface area contributed by atoms with E-state index in [4.69, 9.17) is 0 Å². The van der Waals surface area contributed by atoms with Crippen molar-refractivity contribution in [1.29, 1.82) is 0 Å². The topological polar surface area (TPSA) is 59.3 Å². The molecule has 0 aliphatic carbocycles. The Labute approximate surface area is 133 Å². The average Bonchev–Trinajstić information content (AvgIpc) is 3.01. The molecule has 0 radical (unpaired) electrons. The number of nitrogens with zero attached hydrogens (tertiary/aromatic N) is 3. The molecule has 1 aromatic carbocycles. The number of carbonyl (C=O) groups is 1. The second-order valence-corrected chi connectivity index (χ2v) is 6.25. The summed E-state index contributed by atoms with van der Waals surface area (Å²) in [6.07, 6.45) is 5.40. The van der Waals surface area contributed by atoms with Crippen LogP contribution in [0.3, 0.4) is 0 Å². The van der Waals surface area contributed by atoms with Crippen LogP contribution in [0, 0.1) is 13.8 Å². The number of rotatable bonds is 2. The van der Waals surface area contributed by atoms with Crippen LogP contribution in [-0.4, -0.2) is 20.9 Å². The highest BCUT2D eigenvalue weighted by Crippen LogP contribution is 2.29. The fraction of sp³-hybridized carbons (Fsp3) is 0.188. The summed E-state index contributed by atoms with van der Waals surface area (Å²) in [4.78, 5) is 17.2. The first-order valence-corrected chi connectivity index (χ1v) is 7.68. The first-order valence-electron chi connectivity index (χ1n) is 6.87. The van der Waals surface area contributed by atoms with E-state index < -0.39 is 0 Å². The highest BCUT2D eigenvalue weighted by Gasteiger charge is 2.24. The number of hydrogen-bond donors (Lipinski definition) is 1.